The van der Waals surface area contributed by atoms with Crippen LogP contribution in [0.2, 0.25) is 0 Å². The molecule has 5 heteroatoms. The molecule has 1 nitrogen and oxygen atoms in total. The van der Waals surface area contributed by atoms with Gasteiger partial charge in [0.25, 0.3) is 0 Å². The van der Waals surface area contributed by atoms with Crippen molar-refractivity contribution in [3.63, 3.8) is 0 Å². The molecule has 0 fully saturated rings. The predicted octanol–water partition coefficient (Wildman–Crippen LogP) is 3.65. The second-order valence-electron chi connectivity index (χ2n) is 3.10. The zero-order valence-electron chi connectivity index (χ0n) is 7.89. The molecular weight excluding hydrogens is 210 g/mol. The van der Waals surface area contributed by atoms with Crippen LogP contribution in [-0.4, -0.2) is 12.7 Å². The summed E-state index contributed by atoms with van der Waals surface area (Å²) in [4.78, 5) is 0. The van der Waals surface area contributed by atoms with Crippen molar-refractivity contribution in [2.24, 2.45) is 0 Å². The highest BCUT2D eigenvalue weighted by molar-refractivity contribution is 5.18. The van der Waals surface area contributed by atoms with Crippen molar-refractivity contribution < 1.29 is 17.6 Å². The van der Waals surface area contributed by atoms with E-state index in [4.69, 9.17) is 0 Å². The van der Waals surface area contributed by atoms with Gasteiger partial charge in [-0.15, -0.1) is 13.1 Å². The van der Waals surface area contributed by atoms with Crippen LogP contribution < -0.4 is 0 Å². The zero-order chi connectivity index (χ0) is 11.3. The first-order valence-electron chi connectivity index (χ1n) is 4.42. The second kappa shape index (κ2) is 5.11. The van der Waals surface area contributed by atoms with E-state index in [2.05, 4.69) is 5.32 Å². The molecular formula is C10H10F4N-. The molecule has 1 aromatic carbocycles. The van der Waals surface area contributed by atoms with Crippen molar-refractivity contribution in [2.75, 3.05) is 6.54 Å². The van der Waals surface area contributed by atoms with Gasteiger partial charge in [-0.1, -0.05) is 17.7 Å². The van der Waals surface area contributed by atoms with Crippen LogP contribution >= 0.6 is 0 Å². The molecule has 0 saturated carbocycles. The molecule has 1 aromatic rings. The predicted molar refractivity (Wildman–Crippen MR) is 49.0 cm³/mol. The Labute approximate surface area is 85.1 Å². The summed E-state index contributed by atoms with van der Waals surface area (Å²) in [5, 5.41) is 3.68. The molecule has 0 aliphatic heterocycles. The van der Waals surface area contributed by atoms with E-state index >= 15 is 0 Å². The normalized spacial score (nSPS) is 11.7. The third-order valence-corrected chi connectivity index (χ3v) is 1.74. The van der Waals surface area contributed by atoms with Crippen LogP contribution in [0.1, 0.15) is 12.0 Å². The van der Waals surface area contributed by atoms with Crippen LogP contribution in [0.4, 0.5) is 17.6 Å². The lowest BCUT2D eigenvalue weighted by atomic mass is 10.2. The van der Waals surface area contributed by atoms with Crippen LogP contribution in [-0.2, 0) is 6.54 Å². The minimum atomic E-state index is -4.18. The number of alkyl halides is 3. The van der Waals surface area contributed by atoms with Gasteiger partial charge in [-0.3, -0.25) is 0 Å². The Hall–Kier alpha value is -1.10. The quantitative estimate of drug-likeness (QED) is 0.543. The number of rotatable bonds is 4. The van der Waals surface area contributed by atoms with Gasteiger partial charge in [-0.05, 0) is 12.1 Å². The molecule has 15 heavy (non-hydrogen) atoms. The lowest BCUT2D eigenvalue weighted by Crippen LogP contribution is -2.09. The zero-order valence-corrected chi connectivity index (χ0v) is 7.89. The van der Waals surface area contributed by atoms with E-state index in [0.29, 0.717) is 5.56 Å². The fourth-order valence-corrected chi connectivity index (χ4v) is 1.05. The summed E-state index contributed by atoms with van der Waals surface area (Å²) in [6, 6.07) is 5.67. The largest absolute Gasteiger partial charge is 0.658 e. The summed E-state index contributed by atoms with van der Waals surface area (Å²) in [5.41, 5.74) is 0.581. The molecule has 0 bridgehead atoms. The average molecular weight is 220 g/mol. The van der Waals surface area contributed by atoms with E-state index in [1.54, 1.807) is 6.07 Å². The molecule has 0 saturated heterocycles. The van der Waals surface area contributed by atoms with Crippen molar-refractivity contribution in [2.45, 2.75) is 19.1 Å². The lowest BCUT2D eigenvalue weighted by molar-refractivity contribution is -0.131. The number of halogens is 4. The topological polar surface area (TPSA) is 14.1 Å². The fourth-order valence-electron chi connectivity index (χ4n) is 1.05. The highest BCUT2D eigenvalue weighted by Gasteiger charge is 2.23. The van der Waals surface area contributed by atoms with Gasteiger partial charge in [-0.2, -0.15) is 13.2 Å². The summed E-state index contributed by atoms with van der Waals surface area (Å²) < 4.78 is 47.8. The van der Waals surface area contributed by atoms with Gasteiger partial charge >= 0.3 is 6.18 Å². The van der Waals surface area contributed by atoms with Crippen LogP contribution in [0, 0.1) is 5.82 Å². The average Bonchev–Trinajstić information content (AvgIpc) is 2.11. The Bertz CT molecular complexity index is 309. The van der Waals surface area contributed by atoms with E-state index in [9.17, 15) is 17.6 Å². The van der Waals surface area contributed by atoms with Gasteiger partial charge in [0.2, 0.25) is 0 Å². The van der Waals surface area contributed by atoms with E-state index in [0.717, 1.165) is 0 Å². The lowest BCUT2D eigenvalue weighted by Gasteiger charge is -2.19. The Morgan fingerprint density at radius 3 is 2.53 bits per heavy atom. The van der Waals surface area contributed by atoms with E-state index in [1.807, 2.05) is 0 Å². The SMILES string of the molecule is Fc1cccc(C[N-]CCC(F)(F)F)c1. The van der Waals surface area contributed by atoms with Crippen LogP contribution in [0.15, 0.2) is 24.3 Å². The molecule has 0 aliphatic carbocycles. The Kier molecular flexibility index (Phi) is 4.08. The van der Waals surface area contributed by atoms with Crippen LogP contribution in [0.5, 0.6) is 0 Å². The van der Waals surface area contributed by atoms with Crippen molar-refractivity contribution in [1.82, 2.24) is 0 Å². The summed E-state index contributed by atoms with van der Waals surface area (Å²) in [6.45, 7) is -0.159. The molecule has 0 unspecified atom stereocenters. The van der Waals surface area contributed by atoms with Crippen LogP contribution in [0.25, 0.3) is 5.32 Å². The summed E-state index contributed by atoms with van der Waals surface area (Å²) >= 11 is 0. The third-order valence-electron chi connectivity index (χ3n) is 1.74. The Balaban J connectivity index is 2.26. The maximum Gasteiger partial charge on any atom is 0.387 e. The standard InChI is InChI=1S/C10H10F4N/c11-9-3-1-2-8(6-9)7-15-5-4-10(12,13)14/h1-3,6H,4-5,7H2/q-1. The number of nitrogens with zero attached hydrogens (tertiary/aromatic N) is 1. The number of benzene rings is 1. The minimum absolute atomic E-state index is 0.119. The first kappa shape index (κ1) is 12.0. The van der Waals surface area contributed by atoms with Crippen molar-refractivity contribution in [3.05, 3.63) is 41.0 Å². The summed E-state index contributed by atoms with van der Waals surface area (Å²) in [5.74, 6) is -0.404. The molecule has 1 rings (SSSR count). The van der Waals surface area contributed by atoms with Crippen molar-refractivity contribution >= 4 is 0 Å². The van der Waals surface area contributed by atoms with Gasteiger partial charge in [0.1, 0.15) is 5.82 Å². The minimum Gasteiger partial charge on any atom is -0.658 e. The van der Waals surface area contributed by atoms with Gasteiger partial charge in [0, 0.05) is 6.42 Å². The Morgan fingerprint density at radius 2 is 1.93 bits per heavy atom. The molecule has 0 aromatic heterocycles. The van der Waals surface area contributed by atoms with Gasteiger partial charge < -0.3 is 5.32 Å². The fraction of sp³-hybridized carbons (Fsp3) is 0.400. The molecule has 0 radical (unpaired) electrons. The van der Waals surface area contributed by atoms with Gasteiger partial charge in [-0.25, -0.2) is 4.39 Å². The Morgan fingerprint density at radius 1 is 1.20 bits per heavy atom. The molecule has 0 aliphatic rings. The third kappa shape index (κ3) is 5.37. The smallest absolute Gasteiger partial charge is 0.387 e. The van der Waals surface area contributed by atoms with Crippen molar-refractivity contribution in [1.29, 1.82) is 0 Å². The molecule has 0 spiro atoms. The molecule has 0 atom stereocenters. The molecule has 0 N–H and O–H groups in total. The highest BCUT2D eigenvalue weighted by atomic mass is 19.4. The number of hydrogen-bond donors (Lipinski definition) is 0. The highest BCUT2D eigenvalue weighted by Crippen LogP contribution is 2.20. The first-order chi connectivity index (χ1) is 6.97. The number of hydrogen-bond acceptors (Lipinski definition) is 0. The summed E-state index contributed by atoms with van der Waals surface area (Å²) in [6.07, 6.45) is -5.10. The van der Waals surface area contributed by atoms with Crippen molar-refractivity contribution in [3.8, 4) is 0 Å². The monoisotopic (exact) mass is 220 g/mol. The summed E-state index contributed by atoms with van der Waals surface area (Å²) in [7, 11) is 0. The second-order valence-corrected chi connectivity index (χ2v) is 3.10. The van der Waals surface area contributed by atoms with Gasteiger partial charge in [0.05, 0.1) is 0 Å². The maximum absolute atomic E-state index is 12.6. The molecule has 0 heterocycles. The van der Waals surface area contributed by atoms with Gasteiger partial charge in [0.15, 0.2) is 0 Å². The van der Waals surface area contributed by atoms with E-state index in [-0.39, 0.29) is 13.1 Å². The maximum atomic E-state index is 12.6. The van der Waals surface area contributed by atoms with Crippen LogP contribution in [0.3, 0.4) is 0 Å². The van der Waals surface area contributed by atoms with E-state index in [1.165, 1.54) is 18.2 Å². The molecule has 0 amide bonds. The van der Waals surface area contributed by atoms with E-state index < -0.39 is 18.4 Å². The first-order valence-corrected chi connectivity index (χ1v) is 4.42. The molecule has 84 valence electrons.